The molecule has 0 aliphatic rings. The lowest BCUT2D eigenvalue weighted by Gasteiger charge is -2.23. The van der Waals surface area contributed by atoms with E-state index in [1.807, 2.05) is 32.0 Å². The number of anilines is 1. The molecule has 26 heavy (non-hydrogen) atoms. The molecule has 0 spiro atoms. The van der Waals surface area contributed by atoms with Crippen LogP contribution < -0.4 is 21.5 Å². The number of nitrogens with zero attached hydrogens (tertiary/aromatic N) is 2. The molecule has 1 aromatic heterocycles. The second-order valence-corrected chi connectivity index (χ2v) is 5.89. The fourth-order valence-corrected chi connectivity index (χ4v) is 2.64. The number of nitrogens with one attached hydrogen (secondary N) is 2. The number of H-pyrrole nitrogens is 1. The van der Waals surface area contributed by atoms with Crippen LogP contribution in [0.5, 0.6) is 0 Å². The van der Waals surface area contributed by atoms with Gasteiger partial charge in [0.1, 0.15) is 5.56 Å². The maximum atomic E-state index is 12.3. The van der Waals surface area contributed by atoms with E-state index in [0.29, 0.717) is 13.1 Å². The van der Waals surface area contributed by atoms with Crippen LogP contribution in [0.4, 0.5) is 5.69 Å². The van der Waals surface area contributed by atoms with Crippen molar-refractivity contribution < 1.29 is 9.90 Å². The van der Waals surface area contributed by atoms with Gasteiger partial charge < -0.3 is 15.3 Å². The number of likely N-dealkylation sites (N-methyl/N-ethyl adjacent to an activating group) is 1. The van der Waals surface area contributed by atoms with Gasteiger partial charge >= 0.3 is 5.69 Å². The van der Waals surface area contributed by atoms with Gasteiger partial charge in [-0.15, -0.1) is 0 Å². The zero-order valence-corrected chi connectivity index (χ0v) is 15.0. The van der Waals surface area contributed by atoms with E-state index >= 15 is 0 Å². The van der Waals surface area contributed by atoms with Gasteiger partial charge in [0.15, 0.2) is 0 Å². The Kier molecular flexibility index (Phi) is 6.74. The summed E-state index contributed by atoms with van der Waals surface area (Å²) < 4.78 is 1.10. The molecule has 2 rings (SSSR count). The van der Waals surface area contributed by atoms with Crippen molar-refractivity contribution in [2.24, 2.45) is 0 Å². The highest BCUT2D eigenvalue weighted by Gasteiger charge is 2.13. The first-order valence-corrected chi connectivity index (χ1v) is 8.50. The van der Waals surface area contributed by atoms with Gasteiger partial charge in [-0.1, -0.05) is 12.1 Å². The van der Waals surface area contributed by atoms with E-state index in [0.717, 1.165) is 22.4 Å². The molecule has 0 bridgehead atoms. The summed E-state index contributed by atoms with van der Waals surface area (Å²) in [5, 5.41) is 11.6. The molecule has 0 aliphatic heterocycles. The summed E-state index contributed by atoms with van der Waals surface area (Å²) >= 11 is 0. The van der Waals surface area contributed by atoms with Crippen molar-refractivity contribution >= 4 is 11.6 Å². The quantitative estimate of drug-likeness (QED) is 0.619. The number of carbonyl (C=O) groups excluding carboxylic acids is 1. The SMILES string of the molecule is CCN(CCNC(=O)c1cn(CCO)c(=O)[nH]c1=O)c1cccc(C)c1. The first-order valence-electron chi connectivity index (χ1n) is 8.50. The number of hydrogen-bond donors (Lipinski definition) is 3. The Morgan fingerprint density at radius 1 is 1.35 bits per heavy atom. The maximum absolute atomic E-state index is 12.3. The van der Waals surface area contributed by atoms with E-state index in [-0.39, 0.29) is 18.7 Å². The first kappa shape index (κ1) is 19.5. The predicted octanol–water partition coefficient (Wildman–Crippen LogP) is 0.0936. The molecule has 0 saturated heterocycles. The Bertz CT molecular complexity index is 872. The van der Waals surface area contributed by atoms with Crippen molar-refractivity contribution in [3.8, 4) is 0 Å². The number of aromatic nitrogens is 2. The minimum absolute atomic E-state index is 0.00681. The molecule has 0 fully saturated rings. The molecule has 0 unspecified atom stereocenters. The summed E-state index contributed by atoms with van der Waals surface area (Å²) in [5.74, 6) is -0.557. The van der Waals surface area contributed by atoms with Gasteiger partial charge in [-0.05, 0) is 31.5 Å². The molecule has 1 amide bonds. The highest BCUT2D eigenvalue weighted by Crippen LogP contribution is 2.14. The van der Waals surface area contributed by atoms with Gasteiger partial charge in [-0.2, -0.15) is 0 Å². The number of amides is 1. The fourth-order valence-electron chi connectivity index (χ4n) is 2.64. The van der Waals surface area contributed by atoms with Crippen LogP contribution in [-0.4, -0.2) is 46.8 Å². The number of benzene rings is 1. The van der Waals surface area contributed by atoms with Gasteiger partial charge in [-0.25, -0.2) is 4.79 Å². The van der Waals surface area contributed by atoms with Crippen LogP contribution in [0.2, 0.25) is 0 Å². The molecule has 8 heteroatoms. The Hall–Kier alpha value is -2.87. The maximum Gasteiger partial charge on any atom is 0.328 e. The van der Waals surface area contributed by atoms with E-state index in [9.17, 15) is 14.4 Å². The van der Waals surface area contributed by atoms with Crippen LogP contribution >= 0.6 is 0 Å². The van der Waals surface area contributed by atoms with E-state index < -0.39 is 17.2 Å². The van der Waals surface area contributed by atoms with Crippen LogP contribution in [0.25, 0.3) is 0 Å². The Labute approximate surface area is 151 Å². The molecule has 0 aliphatic carbocycles. The van der Waals surface area contributed by atoms with E-state index in [4.69, 9.17) is 5.11 Å². The molecule has 8 nitrogen and oxygen atoms in total. The van der Waals surface area contributed by atoms with Crippen LogP contribution in [-0.2, 0) is 6.54 Å². The zero-order chi connectivity index (χ0) is 19.1. The third-order valence-corrected chi connectivity index (χ3v) is 4.01. The topological polar surface area (TPSA) is 107 Å². The molecular weight excluding hydrogens is 336 g/mol. The number of aliphatic hydroxyl groups excluding tert-OH is 1. The molecule has 2 aromatic rings. The second-order valence-electron chi connectivity index (χ2n) is 5.89. The van der Waals surface area contributed by atoms with Gasteiger partial charge in [0.2, 0.25) is 0 Å². The molecule has 140 valence electrons. The molecule has 0 saturated carbocycles. The van der Waals surface area contributed by atoms with Gasteiger partial charge in [-0.3, -0.25) is 19.1 Å². The summed E-state index contributed by atoms with van der Waals surface area (Å²) in [6.45, 7) is 5.49. The standard InChI is InChI=1S/C18H24N4O4/c1-3-21(14-6-4-5-13(2)11-14)8-7-19-16(24)15-12-22(9-10-23)18(26)20-17(15)25/h4-6,11-12,23H,3,7-10H2,1-2H3,(H,19,24)(H,20,25,26). The predicted molar refractivity (Wildman–Crippen MR) is 99.8 cm³/mol. The summed E-state index contributed by atoms with van der Waals surface area (Å²) in [7, 11) is 0. The number of aryl methyl sites for hydroxylation is 1. The molecule has 1 heterocycles. The Morgan fingerprint density at radius 3 is 2.77 bits per heavy atom. The lowest BCUT2D eigenvalue weighted by molar-refractivity contribution is 0.0951. The molecular formula is C18H24N4O4. The molecule has 0 radical (unpaired) electrons. The van der Waals surface area contributed by atoms with Crippen LogP contribution in [0.3, 0.4) is 0 Å². The van der Waals surface area contributed by atoms with Crippen molar-refractivity contribution in [1.82, 2.24) is 14.9 Å². The van der Waals surface area contributed by atoms with Crippen LogP contribution in [0.1, 0.15) is 22.8 Å². The molecule has 3 N–H and O–H groups in total. The van der Waals surface area contributed by atoms with Crippen molar-refractivity contribution in [2.75, 3.05) is 31.1 Å². The van der Waals surface area contributed by atoms with Gasteiger partial charge in [0.05, 0.1) is 13.2 Å². The Morgan fingerprint density at radius 2 is 2.12 bits per heavy atom. The van der Waals surface area contributed by atoms with Crippen molar-refractivity contribution in [3.63, 3.8) is 0 Å². The number of hydrogen-bond acceptors (Lipinski definition) is 5. The smallest absolute Gasteiger partial charge is 0.328 e. The monoisotopic (exact) mass is 360 g/mol. The van der Waals surface area contributed by atoms with Gasteiger partial charge in [0, 0.05) is 31.5 Å². The number of rotatable bonds is 8. The van der Waals surface area contributed by atoms with Crippen molar-refractivity contribution in [3.05, 3.63) is 62.4 Å². The minimum Gasteiger partial charge on any atom is -0.395 e. The zero-order valence-electron chi connectivity index (χ0n) is 15.0. The second kappa shape index (κ2) is 9.00. The third-order valence-electron chi connectivity index (χ3n) is 4.01. The average Bonchev–Trinajstić information content (AvgIpc) is 2.61. The third kappa shape index (κ3) is 4.82. The van der Waals surface area contributed by atoms with Gasteiger partial charge in [0.25, 0.3) is 11.5 Å². The number of carbonyl (C=O) groups is 1. The van der Waals surface area contributed by atoms with E-state index in [1.54, 1.807) is 0 Å². The molecule has 1 aromatic carbocycles. The summed E-state index contributed by atoms with van der Waals surface area (Å²) in [6, 6.07) is 8.08. The summed E-state index contributed by atoms with van der Waals surface area (Å²) in [5.41, 5.74) is 0.667. The Balaban J connectivity index is 2.03. The first-order chi connectivity index (χ1) is 12.5. The largest absolute Gasteiger partial charge is 0.395 e. The summed E-state index contributed by atoms with van der Waals surface area (Å²) in [4.78, 5) is 39.9. The lowest BCUT2D eigenvalue weighted by Crippen LogP contribution is -2.40. The minimum atomic E-state index is -0.743. The normalized spacial score (nSPS) is 10.6. The molecule has 0 atom stereocenters. The van der Waals surface area contributed by atoms with E-state index in [2.05, 4.69) is 21.3 Å². The lowest BCUT2D eigenvalue weighted by atomic mass is 10.2. The number of aromatic amines is 1. The van der Waals surface area contributed by atoms with Crippen LogP contribution in [0, 0.1) is 6.92 Å². The fraction of sp³-hybridized carbons (Fsp3) is 0.389. The van der Waals surface area contributed by atoms with Crippen LogP contribution in [0.15, 0.2) is 40.1 Å². The van der Waals surface area contributed by atoms with Crippen molar-refractivity contribution in [1.29, 1.82) is 0 Å². The highest BCUT2D eigenvalue weighted by atomic mass is 16.3. The average molecular weight is 360 g/mol. The summed E-state index contributed by atoms with van der Waals surface area (Å²) in [6.07, 6.45) is 1.17. The number of aliphatic hydroxyl groups is 1. The van der Waals surface area contributed by atoms with Crippen molar-refractivity contribution in [2.45, 2.75) is 20.4 Å². The van der Waals surface area contributed by atoms with E-state index in [1.165, 1.54) is 6.20 Å². The highest BCUT2D eigenvalue weighted by molar-refractivity contribution is 5.93.